The lowest BCUT2D eigenvalue weighted by Gasteiger charge is -2.35. The summed E-state index contributed by atoms with van der Waals surface area (Å²) < 4.78 is 27.5. The molecule has 0 radical (unpaired) electrons. The van der Waals surface area contributed by atoms with Gasteiger partial charge in [-0.25, -0.2) is 8.78 Å². The summed E-state index contributed by atoms with van der Waals surface area (Å²) in [5.74, 6) is -0.0321. The van der Waals surface area contributed by atoms with E-state index in [0.29, 0.717) is 11.5 Å². The first-order valence-corrected chi connectivity index (χ1v) is 9.56. The Morgan fingerprint density at radius 2 is 2.08 bits per heavy atom. The summed E-state index contributed by atoms with van der Waals surface area (Å²) in [6.45, 7) is 3.23. The Labute approximate surface area is 153 Å². The minimum atomic E-state index is -0.554. The molecule has 138 valence electrons. The summed E-state index contributed by atoms with van der Waals surface area (Å²) in [5.41, 5.74) is 2.16. The number of nitrogens with zero attached hydrogens (tertiary/aromatic N) is 2. The first-order chi connectivity index (χ1) is 12.7. The van der Waals surface area contributed by atoms with Crippen LogP contribution >= 0.6 is 0 Å². The van der Waals surface area contributed by atoms with Crippen molar-refractivity contribution in [2.75, 3.05) is 19.6 Å². The fraction of sp³-hybridized carbons (Fsp3) is 0.476. The van der Waals surface area contributed by atoms with E-state index >= 15 is 0 Å². The van der Waals surface area contributed by atoms with Crippen LogP contribution in [0.2, 0.25) is 0 Å². The molecule has 0 amide bonds. The lowest BCUT2D eigenvalue weighted by Crippen LogP contribution is -2.38. The lowest BCUT2D eigenvalue weighted by molar-refractivity contribution is 0.173. The van der Waals surface area contributed by atoms with E-state index in [9.17, 15) is 8.78 Å². The van der Waals surface area contributed by atoms with E-state index in [1.54, 1.807) is 6.20 Å². The van der Waals surface area contributed by atoms with E-state index < -0.39 is 11.6 Å². The van der Waals surface area contributed by atoms with Crippen molar-refractivity contribution in [3.05, 3.63) is 53.9 Å². The average Bonchev–Trinajstić information content (AvgIpc) is 3.12. The van der Waals surface area contributed by atoms with E-state index in [0.717, 1.165) is 55.7 Å². The summed E-state index contributed by atoms with van der Waals surface area (Å²) in [6.07, 6.45) is 12.1. The molecule has 2 atom stereocenters. The number of nitrogens with one attached hydrogen (secondary N) is 1. The van der Waals surface area contributed by atoms with Gasteiger partial charge in [-0.15, -0.1) is 0 Å². The molecule has 0 unspecified atom stereocenters. The summed E-state index contributed by atoms with van der Waals surface area (Å²) >= 11 is 0. The molecule has 1 N–H and O–H groups in total. The van der Waals surface area contributed by atoms with E-state index in [4.69, 9.17) is 0 Å². The Bertz CT molecular complexity index is 783. The molecule has 4 rings (SSSR count). The molecular weight excluding hydrogens is 332 g/mol. The fourth-order valence-corrected chi connectivity index (χ4v) is 4.37. The number of piperidine rings is 1. The molecule has 1 aliphatic carbocycles. The minimum Gasteiger partial charge on any atom is -0.302 e. The number of allylic oxidation sites excluding steroid dienone is 2. The number of hydrogen-bond acceptors (Lipinski definition) is 2. The minimum absolute atomic E-state index is 0.310. The molecule has 0 bridgehead atoms. The highest BCUT2D eigenvalue weighted by Gasteiger charge is 2.27. The molecule has 2 heterocycles. The third kappa shape index (κ3) is 3.73. The van der Waals surface area contributed by atoms with Crippen LogP contribution in [0.3, 0.4) is 0 Å². The molecular formula is C21H25F2N3. The third-order valence-electron chi connectivity index (χ3n) is 5.70. The maximum absolute atomic E-state index is 14.2. The van der Waals surface area contributed by atoms with Gasteiger partial charge in [0.25, 0.3) is 0 Å². The van der Waals surface area contributed by atoms with Crippen LogP contribution in [0.15, 0.2) is 36.5 Å². The molecule has 0 saturated carbocycles. The standard InChI is InChI=1S/C21H25F2N3/c22-17-8-9-18(20(23)11-17)19-12-24-25-21(19)16-7-4-10-26(14-16)13-15-5-2-1-3-6-15/h1-2,8-9,11-12,15-16H,3-7,10,13-14H2,(H,24,25)/t15-,16+/m0/s1. The summed E-state index contributed by atoms with van der Waals surface area (Å²) in [7, 11) is 0. The number of aromatic nitrogens is 2. The molecule has 26 heavy (non-hydrogen) atoms. The number of hydrogen-bond donors (Lipinski definition) is 1. The predicted molar refractivity (Wildman–Crippen MR) is 98.8 cm³/mol. The third-order valence-corrected chi connectivity index (χ3v) is 5.70. The molecule has 0 spiro atoms. The number of H-pyrrole nitrogens is 1. The zero-order chi connectivity index (χ0) is 17.9. The Hall–Kier alpha value is -2.01. The zero-order valence-electron chi connectivity index (χ0n) is 14.9. The van der Waals surface area contributed by atoms with Crippen LogP contribution in [0.4, 0.5) is 8.78 Å². The number of aromatic amines is 1. The molecule has 2 aliphatic rings. The molecule has 5 heteroatoms. The van der Waals surface area contributed by atoms with Crippen molar-refractivity contribution in [3.63, 3.8) is 0 Å². The zero-order valence-corrected chi connectivity index (χ0v) is 14.9. The summed E-state index contributed by atoms with van der Waals surface area (Å²) in [5, 5.41) is 7.26. The summed E-state index contributed by atoms with van der Waals surface area (Å²) in [4.78, 5) is 2.55. The van der Waals surface area contributed by atoms with Crippen LogP contribution in [-0.2, 0) is 0 Å². The summed E-state index contributed by atoms with van der Waals surface area (Å²) in [6, 6.07) is 3.75. The highest BCUT2D eigenvalue weighted by Crippen LogP contribution is 2.35. The van der Waals surface area contributed by atoms with Crippen LogP contribution in [0.5, 0.6) is 0 Å². The van der Waals surface area contributed by atoms with Crippen molar-refractivity contribution in [1.82, 2.24) is 15.1 Å². The van der Waals surface area contributed by atoms with E-state index in [1.165, 1.54) is 31.4 Å². The van der Waals surface area contributed by atoms with Gasteiger partial charge in [0.1, 0.15) is 11.6 Å². The Morgan fingerprint density at radius 1 is 1.15 bits per heavy atom. The first-order valence-electron chi connectivity index (χ1n) is 9.56. The second kappa shape index (κ2) is 7.70. The normalized spacial score (nSPS) is 24.1. The smallest absolute Gasteiger partial charge is 0.134 e. The monoisotopic (exact) mass is 357 g/mol. The van der Waals surface area contributed by atoms with Crippen LogP contribution in [0.25, 0.3) is 11.1 Å². The highest BCUT2D eigenvalue weighted by molar-refractivity contribution is 5.66. The number of rotatable bonds is 4. The van der Waals surface area contributed by atoms with Crippen molar-refractivity contribution in [1.29, 1.82) is 0 Å². The van der Waals surface area contributed by atoms with E-state index in [-0.39, 0.29) is 0 Å². The van der Waals surface area contributed by atoms with Gasteiger partial charge in [-0.05, 0) is 56.7 Å². The Morgan fingerprint density at radius 3 is 2.88 bits per heavy atom. The van der Waals surface area contributed by atoms with Crippen molar-refractivity contribution < 1.29 is 8.78 Å². The molecule has 1 aromatic heterocycles. The second-order valence-electron chi connectivity index (χ2n) is 7.57. The molecule has 1 aliphatic heterocycles. The van der Waals surface area contributed by atoms with Crippen molar-refractivity contribution in [2.24, 2.45) is 5.92 Å². The Kier molecular flexibility index (Phi) is 5.16. The molecule has 1 saturated heterocycles. The SMILES string of the molecule is Fc1ccc(-c2cn[nH]c2[C@@H]2CCCN(C[C@H]3CC=CCC3)C2)c(F)c1. The fourth-order valence-electron chi connectivity index (χ4n) is 4.37. The topological polar surface area (TPSA) is 31.9 Å². The lowest BCUT2D eigenvalue weighted by atomic mass is 9.88. The van der Waals surface area contributed by atoms with Gasteiger partial charge in [0, 0.05) is 41.9 Å². The molecule has 3 nitrogen and oxygen atoms in total. The highest BCUT2D eigenvalue weighted by atomic mass is 19.1. The maximum atomic E-state index is 14.2. The van der Waals surface area contributed by atoms with Crippen LogP contribution in [0, 0.1) is 17.6 Å². The van der Waals surface area contributed by atoms with Crippen LogP contribution < -0.4 is 0 Å². The molecule has 1 aromatic carbocycles. The van der Waals surface area contributed by atoms with Gasteiger partial charge in [-0.2, -0.15) is 5.10 Å². The van der Waals surface area contributed by atoms with Gasteiger partial charge >= 0.3 is 0 Å². The Balaban J connectivity index is 1.51. The largest absolute Gasteiger partial charge is 0.302 e. The number of benzene rings is 1. The number of halogens is 2. The quantitative estimate of drug-likeness (QED) is 0.790. The van der Waals surface area contributed by atoms with Gasteiger partial charge in [0.2, 0.25) is 0 Å². The second-order valence-corrected chi connectivity index (χ2v) is 7.57. The molecule has 1 fully saturated rings. The van der Waals surface area contributed by atoms with Gasteiger partial charge in [-0.3, -0.25) is 5.10 Å². The van der Waals surface area contributed by atoms with Crippen molar-refractivity contribution >= 4 is 0 Å². The van der Waals surface area contributed by atoms with Crippen LogP contribution in [-0.4, -0.2) is 34.7 Å². The van der Waals surface area contributed by atoms with Crippen LogP contribution in [0.1, 0.15) is 43.7 Å². The first kappa shape index (κ1) is 17.4. The van der Waals surface area contributed by atoms with Gasteiger partial charge in [0.05, 0.1) is 6.20 Å². The van der Waals surface area contributed by atoms with Gasteiger partial charge < -0.3 is 4.90 Å². The van der Waals surface area contributed by atoms with Gasteiger partial charge in [-0.1, -0.05) is 12.2 Å². The number of likely N-dealkylation sites (tertiary alicyclic amines) is 1. The predicted octanol–water partition coefficient (Wildman–Crippen LogP) is 4.89. The van der Waals surface area contributed by atoms with E-state index in [1.807, 2.05) is 0 Å². The van der Waals surface area contributed by atoms with Crippen molar-refractivity contribution in [3.8, 4) is 11.1 Å². The molecule has 2 aromatic rings. The van der Waals surface area contributed by atoms with Crippen molar-refractivity contribution in [2.45, 2.75) is 38.0 Å². The average molecular weight is 357 g/mol. The maximum Gasteiger partial charge on any atom is 0.134 e. The van der Waals surface area contributed by atoms with E-state index in [2.05, 4.69) is 27.2 Å². The van der Waals surface area contributed by atoms with Gasteiger partial charge in [0.15, 0.2) is 0 Å².